The summed E-state index contributed by atoms with van der Waals surface area (Å²) in [6, 6.07) is 14.2. The Bertz CT molecular complexity index is 1240. The first-order chi connectivity index (χ1) is 15.0. The van der Waals surface area contributed by atoms with Gasteiger partial charge in [-0.1, -0.05) is 18.2 Å². The maximum atomic E-state index is 12.0. The van der Waals surface area contributed by atoms with Gasteiger partial charge in [0.2, 0.25) is 17.7 Å². The topological polar surface area (TPSA) is 116 Å². The fourth-order valence-corrected chi connectivity index (χ4v) is 4.29. The van der Waals surface area contributed by atoms with Crippen molar-refractivity contribution in [3.8, 4) is 16.9 Å². The molecule has 0 bridgehead atoms. The fraction of sp³-hybridized carbons (Fsp3) is 0.273. The number of rotatable bonds is 7. The fourth-order valence-electron chi connectivity index (χ4n) is 3.29. The number of ether oxygens (including phenoxy) is 1. The molecule has 0 spiro atoms. The van der Waals surface area contributed by atoms with Crippen molar-refractivity contribution in [2.75, 3.05) is 7.11 Å². The molecule has 2 aromatic carbocycles. The maximum absolute atomic E-state index is 12.0. The number of hydrogen-bond acceptors (Lipinski definition) is 8. The van der Waals surface area contributed by atoms with Crippen molar-refractivity contribution >= 4 is 27.5 Å². The zero-order valence-corrected chi connectivity index (χ0v) is 17.7. The van der Waals surface area contributed by atoms with E-state index in [1.54, 1.807) is 18.4 Å². The number of fused-ring (bicyclic) bond motifs is 1. The van der Waals surface area contributed by atoms with Gasteiger partial charge in [0, 0.05) is 0 Å². The first-order valence-corrected chi connectivity index (χ1v) is 10.8. The Balaban J connectivity index is 1.28. The van der Waals surface area contributed by atoms with Crippen molar-refractivity contribution < 1.29 is 13.9 Å². The summed E-state index contributed by atoms with van der Waals surface area (Å²) >= 11 is 1.59. The zero-order chi connectivity index (χ0) is 21.4. The van der Waals surface area contributed by atoms with Gasteiger partial charge in [0.15, 0.2) is 0 Å². The van der Waals surface area contributed by atoms with Gasteiger partial charge in [-0.25, -0.2) is 4.98 Å². The van der Waals surface area contributed by atoms with Crippen LogP contribution in [0.25, 0.3) is 21.3 Å². The van der Waals surface area contributed by atoms with E-state index in [0.29, 0.717) is 12.3 Å². The molecule has 1 aliphatic carbocycles. The van der Waals surface area contributed by atoms with Crippen molar-refractivity contribution in [3.63, 3.8) is 0 Å². The lowest BCUT2D eigenvalue weighted by molar-refractivity contribution is -0.121. The first-order valence-electron chi connectivity index (χ1n) is 9.95. The second kappa shape index (κ2) is 7.75. The van der Waals surface area contributed by atoms with Gasteiger partial charge in [-0.2, -0.15) is 0 Å². The number of nitrogens with one attached hydrogen (secondary N) is 1. The van der Waals surface area contributed by atoms with Gasteiger partial charge in [0.1, 0.15) is 17.2 Å². The van der Waals surface area contributed by atoms with E-state index in [4.69, 9.17) is 14.9 Å². The van der Waals surface area contributed by atoms with Crippen LogP contribution in [0.2, 0.25) is 0 Å². The van der Waals surface area contributed by atoms with Gasteiger partial charge in [0.25, 0.3) is 0 Å². The summed E-state index contributed by atoms with van der Waals surface area (Å²) in [4.78, 5) is 16.7. The third-order valence-corrected chi connectivity index (χ3v) is 6.17. The zero-order valence-electron chi connectivity index (χ0n) is 16.9. The summed E-state index contributed by atoms with van der Waals surface area (Å²) in [6.07, 6.45) is 2.04. The molecule has 1 fully saturated rings. The van der Waals surface area contributed by atoms with E-state index in [1.807, 2.05) is 30.3 Å². The van der Waals surface area contributed by atoms with E-state index in [1.165, 1.54) is 0 Å². The number of carbonyl (C=O) groups is 1. The van der Waals surface area contributed by atoms with E-state index in [0.717, 1.165) is 44.9 Å². The van der Waals surface area contributed by atoms with Crippen LogP contribution >= 0.6 is 11.3 Å². The summed E-state index contributed by atoms with van der Waals surface area (Å²) in [5.74, 6) is 1.34. The Labute approximate surface area is 182 Å². The molecule has 1 aliphatic rings. The molecule has 8 nitrogen and oxygen atoms in total. The monoisotopic (exact) mass is 435 g/mol. The second-order valence-corrected chi connectivity index (χ2v) is 8.78. The molecule has 0 unspecified atom stereocenters. The number of carbonyl (C=O) groups excluding carboxylic acids is 1. The SMILES string of the molecule is COc1ccc(-c2ccc3nc(Cc4nnc(CC(=O)NC5(N)CC5)o4)sc3c2)cc1. The number of nitrogens with two attached hydrogens (primary N) is 1. The van der Waals surface area contributed by atoms with Crippen LogP contribution in [0.1, 0.15) is 29.6 Å². The van der Waals surface area contributed by atoms with Gasteiger partial charge < -0.3 is 20.2 Å². The first kappa shape index (κ1) is 19.7. The standard InChI is InChI=1S/C22H21N5O3S/c1-29-15-5-2-13(3-6-15)14-4-7-16-17(10-14)31-21(24-16)12-20-27-26-19(30-20)11-18(28)25-22(23)8-9-22/h2-7,10H,8-9,11-12,23H2,1H3,(H,25,28). The van der Waals surface area contributed by atoms with E-state index in [-0.39, 0.29) is 18.2 Å². The second-order valence-electron chi connectivity index (χ2n) is 7.67. The molecule has 2 heterocycles. The Kier molecular flexibility index (Phi) is 4.91. The number of methoxy groups -OCH3 is 1. The third kappa shape index (κ3) is 4.42. The molecule has 5 rings (SSSR count). The van der Waals surface area contributed by atoms with Crippen molar-refractivity contribution in [1.82, 2.24) is 20.5 Å². The average molecular weight is 436 g/mol. The molecule has 9 heteroatoms. The predicted molar refractivity (Wildman–Crippen MR) is 117 cm³/mol. The predicted octanol–water partition coefficient (Wildman–Crippen LogP) is 3.05. The lowest BCUT2D eigenvalue weighted by Crippen LogP contribution is -2.44. The van der Waals surface area contributed by atoms with Gasteiger partial charge in [-0.15, -0.1) is 21.5 Å². The van der Waals surface area contributed by atoms with Gasteiger partial charge in [0.05, 0.1) is 29.4 Å². The van der Waals surface area contributed by atoms with Crippen LogP contribution in [0.3, 0.4) is 0 Å². The molecule has 2 aromatic heterocycles. The van der Waals surface area contributed by atoms with Crippen LogP contribution in [0.15, 0.2) is 46.9 Å². The highest BCUT2D eigenvalue weighted by Crippen LogP contribution is 2.30. The van der Waals surface area contributed by atoms with Crippen molar-refractivity contribution in [1.29, 1.82) is 0 Å². The summed E-state index contributed by atoms with van der Waals surface area (Å²) in [5, 5.41) is 11.7. The minimum absolute atomic E-state index is 0.0248. The quantitative estimate of drug-likeness (QED) is 0.429. The number of hydrogen-bond donors (Lipinski definition) is 2. The highest BCUT2D eigenvalue weighted by atomic mass is 32.1. The molecular formula is C22H21N5O3S. The van der Waals surface area contributed by atoms with Crippen molar-refractivity contribution in [3.05, 3.63) is 59.3 Å². The molecule has 0 atom stereocenters. The Morgan fingerprint density at radius 3 is 2.65 bits per heavy atom. The van der Waals surface area contributed by atoms with Crippen molar-refractivity contribution in [2.45, 2.75) is 31.3 Å². The largest absolute Gasteiger partial charge is 0.497 e. The minimum Gasteiger partial charge on any atom is -0.497 e. The van der Waals surface area contributed by atoms with Crippen LogP contribution < -0.4 is 15.8 Å². The molecule has 0 saturated heterocycles. The lowest BCUT2D eigenvalue weighted by atomic mass is 10.1. The summed E-state index contributed by atoms with van der Waals surface area (Å²) in [7, 11) is 1.66. The van der Waals surface area contributed by atoms with Crippen LogP contribution in [0.5, 0.6) is 5.75 Å². The molecular weight excluding hydrogens is 414 g/mol. The Morgan fingerprint density at radius 2 is 1.90 bits per heavy atom. The highest BCUT2D eigenvalue weighted by Gasteiger charge is 2.39. The van der Waals surface area contributed by atoms with Gasteiger partial charge in [-0.05, 0) is 48.2 Å². The molecule has 0 radical (unpaired) electrons. The van der Waals surface area contributed by atoms with Crippen molar-refractivity contribution in [2.24, 2.45) is 5.73 Å². The summed E-state index contributed by atoms with van der Waals surface area (Å²) in [6.45, 7) is 0. The van der Waals surface area contributed by atoms with Crippen LogP contribution in [0.4, 0.5) is 0 Å². The van der Waals surface area contributed by atoms with Crippen LogP contribution in [-0.4, -0.2) is 33.9 Å². The lowest BCUT2D eigenvalue weighted by Gasteiger charge is -2.09. The Hall–Kier alpha value is -3.30. The summed E-state index contributed by atoms with van der Waals surface area (Å²) in [5.41, 5.74) is 8.50. The number of thiazole rings is 1. The molecule has 158 valence electrons. The molecule has 4 aromatic rings. The van der Waals surface area contributed by atoms with E-state index in [2.05, 4.69) is 32.6 Å². The Morgan fingerprint density at radius 1 is 1.16 bits per heavy atom. The minimum atomic E-state index is -0.550. The highest BCUT2D eigenvalue weighted by molar-refractivity contribution is 7.18. The number of benzene rings is 2. The van der Waals surface area contributed by atoms with E-state index >= 15 is 0 Å². The molecule has 31 heavy (non-hydrogen) atoms. The summed E-state index contributed by atoms with van der Waals surface area (Å²) < 4.78 is 11.9. The van der Waals surface area contributed by atoms with Crippen LogP contribution in [-0.2, 0) is 17.6 Å². The third-order valence-electron chi connectivity index (χ3n) is 5.16. The number of amides is 1. The average Bonchev–Trinajstić information content (AvgIpc) is 3.13. The smallest absolute Gasteiger partial charge is 0.230 e. The van der Waals surface area contributed by atoms with E-state index < -0.39 is 5.66 Å². The van der Waals surface area contributed by atoms with Gasteiger partial charge >= 0.3 is 0 Å². The molecule has 0 aliphatic heterocycles. The molecule has 3 N–H and O–H groups in total. The van der Waals surface area contributed by atoms with Crippen LogP contribution in [0, 0.1) is 0 Å². The van der Waals surface area contributed by atoms with Gasteiger partial charge in [-0.3, -0.25) is 4.79 Å². The normalized spacial score (nSPS) is 14.5. The number of nitrogens with zero attached hydrogens (tertiary/aromatic N) is 3. The van der Waals surface area contributed by atoms with E-state index in [9.17, 15) is 4.79 Å². The maximum Gasteiger partial charge on any atom is 0.230 e. The molecule has 1 saturated carbocycles. The molecule has 1 amide bonds. The number of aromatic nitrogens is 3.